The fourth-order valence-electron chi connectivity index (χ4n) is 3.72. The van der Waals surface area contributed by atoms with E-state index in [1.165, 1.54) is 6.07 Å². The first kappa shape index (κ1) is 20.3. The van der Waals surface area contributed by atoms with E-state index in [2.05, 4.69) is 15.2 Å². The molecule has 0 bridgehead atoms. The fourth-order valence-corrected chi connectivity index (χ4v) is 3.72. The molecule has 2 aliphatic rings. The van der Waals surface area contributed by atoms with E-state index in [1.54, 1.807) is 35.2 Å². The molecule has 30 heavy (non-hydrogen) atoms. The number of nitrogens with two attached hydrogens (primary N) is 1. The molecule has 2 aromatic rings. The Labute approximate surface area is 173 Å². The molecule has 10 heteroatoms. The molecule has 0 spiro atoms. The number of anilines is 4. The SMILES string of the molecule is NC1CCN(c2ccc([N+](=O)[O-])c(Nc3ccc(N4CCOCC4F)cc3)n2)CC1. The number of morpholine rings is 1. The molecule has 3 heterocycles. The number of hydrogen-bond donors (Lipinski definition) is 2. The van der Waals surface area contributed by atoms with Crippen LogP contribution in [-0.4, -0.2) is 55.1 Å². The van der Waals surface area contributed by atoms with Crippen LogP contribution in [0.15, 0.2) is 36.4 Å². The Bertz CT molecular complexity index is 889. The van der Waals surface area contributed by atoms with Crippen molar-refractivity contribution < 1.29 is 14.1 Å². The van der Waals surface area contributed by atoms with Crippen LogP contribution in [-0.2, 0) is 4.74 Å². The zero-order valence-electron chi connectivity index (χ0n) is 16.5. The predicted molar refractivity (Wildman–Crippen MR) is 113 cm³/mol. The quantitative estimate of drug-likeness (QED) is 0.435. The Kier molecular flexibility index (Phi) is 5.96. The molecule has 0 radical (unpaired) electrons. The van der Waals surface area contributed by atoms with Crippen LogP contribution in [0.25, 0.3) is 0 Å². The summed E-state index contributed by atoms with van der Waals surface area (Å²) in [7, 11) is 0. The Balaban J connectivity index is 1.53. The number of hydrogen-bond acceptors (Lipinski definition) is 8. The van der Waals surface area contributed by atoms with Gasteiger partial charge in [0, 0.05) is 43.1 Å². The van der Waals surface area contributed by atoms with Crippen molar-refractivity contribution in [3.05, 3.63) is 46.5 Å². The summed E-state index contributed by atoms with van der Waals surface area (Å²) in [4.78, 5) is 19.2. The number of nitro groups is 1. The van der Waals surface area contributed by atoms with Gasteiger partial charge in [-0.05, 0) is 43.2 Å². The minimum absolute atomic E-state index is 0.0459. The number of rotatable bonds is 5. The highest BCUT2D eigenvalue weighted by molar-refractivity contribution is 5.69. The maximum Gasteiger partial charge on any atom is 0.311 e. The molecule has 4 rings (SSSR count). The number of aromatic nitrogens is 1. The zero-order valence-corrected chi connectivity index (χ0v) is 16.5. The van der Waals surface area contributed by atoms with E-state index in [4.69, 9.17) is 10.5 Å². The number of pyridine rings is 1. The molecule has 1 aromatic heterocycles. The molecular weight excluding hydrogens is 391 g/mol. The van der Waals surface area contributed by atoms with E-state index in [0.29, 0.717) is 24.7 Å². The number of piperidine rings is 1. The van der Waals surface area contributed by atoms with Crippen LogP contribution in [0.1, 0.15) is 12.8 Å². The second kappa shape index (κ2) is 8.80. The van der Waals surface area contributed by atoms with E-state index >= 15 is 0 Å². The van der Waals surface area contributed by atoms with Crippen LogP contribution in [0.5, 0.6) is 0 Å². The highest BCUT2D eigenvalue weighted by Gasteiger charge is 2.23. The smallest absolute Gasteiger partial charge is 0.311 e. The van der Waals surface area contributed by atoms with Gasteiger partial charge in [-0.15, -0.1) is 0 Å². The summed E-state index contributed by atoms with van der Waals surface area (Å²) in [6.07, 6.45) is 0.537. The van der Waals surface area contributed by atoms with Crippen molar-refractivity contribution in [2.75, 3.05) is 48.0 Å². The average Bonchev–Trinajstić information content (AvgIpc) is 2.75. The minimum Gasteiger partial charge on any atom is -0.375 e. The number of ether oxygens (including phenoxy) is 1. The van der Waals surface area contributed by atoms with Gasteiger partial charge in [-0.3, -0.25) is 10.1 Å². The van der Waals surface area contributed by atoms with Crippen molar-refractivity contribution >= 4 is 28.7 Å². The molecule has 1 atom stereocenters. The minimum atomic E-state index is -1.19. The van der Waals surface area contributed by atoms with E-state index in [1.807, 2.05) is 0 Å². The summed E-state index contributed by atoms with van der Waals surface area (Å²) in [5, 5.41) is 14.5. The van der Waals surface area contributed by atoms with E-state index in [-0.39, 0.29) is 24.2 Å². The number of benzene rings is 1. The topological polar surface area (TPSA) is 110 Å². The lowest BCUT2D eigenvalue weighted by molar-refractivity contribution is -0.384. The van der Waals surface area contributed by atoms with Crippen molar-refractivity contribution in [1.29, 1.82) is 0 Å². The van der Waals surface area contributed by atoms with Crippen molar-refractivity contribution in [2.45, 2.75) is 25.2 Å². The Morgan fingerprint density at radius 2 is 1.90 bits per heavy atom. The molecule has 3 N–H and O–H groups in total. The first-order valence-corrected chi connectivity index (χ1v) is 10.0. The van der Waals surface area contributed by atoms with Crippen molar-refractivity contribution in [3.63, 3.8) is 0 Å². The molecule has 9 nitrogen and oxygen atoms in total. The highest BCUT2D eigenvalue weighted by atomic mass is 19.1. The maximum absolute atomic E-state index is 14.1. The van der Waals surface area contributed by atoms with E-state index in [0.717, 1.165) is 31.6 Å². The van der Waals surface area contributed by atoms with Crippen molar-refractivity contribution in [3.8, 4) is 0 Å². The van der Waals surface area contributed by atoms with E-state index < -0.39 is 11.2 Å². The summed E-state index contributed by atoms with van der Waals surface area (Å²) in [5.74, 6) is 0.857. The van der Waals surface area contributed by atoms with Gasteiger partial charge in [-0.25, -0.2) is 9.37 Å². The number of halogens is 1. The zero-order chi connectivity index (χ0) is 21.1. The monoisotopic (exact) mass is 416 g/mol. The van der Waals surface area contributed by atoms with Crippen LogP contribution < -0.4 is 20.9 Å². The molecule has 2 saturated heterocycles. The van der Waals surface area contributed by atoms with Gasteiger partial charge in [0.05, 0.1) is 18.1 Å². The second-order valence-electron chi connectivity index (χ2n) is 7.49. The summed E-state index contributed by atoms with van der Waals surface area (Å²) < 4.78 is 19.2. The lowest BCUT2D eigenvalue weighted by Crippen LogP contribution is -2.42. The Morgan fingerprint density at radius 1 is 1.17 bits per heavy atom. The van der Waals surface area contributed by atoms with Crippen LogP contribution in [0.3, 0.4) is 0 Å². The lowest BCUT2D eigenvalue weighted by Gasteiger charge is -2.32. The lowest BCUT2D eigenvalue weighted by atomic mass is 10.1. The number of alkyl halides is 1. The van der Waals surface area contributed by atoms with Crippen molar-refractivity contribution in [1.82, 2.24) is 4.98 Å². The molecule has 160 valence electrons. The summed E-state index contributed by atoms with van der Waals surface area (Å²) in [5.41, 5.74) is 7.23. The average molecular weight is 416 g/mol. The maximum atomic E-state index is 14.1. The third-order valence-corrected chi connectivity index (χ3v) is 5.45. The van der Waals surface area contributed by atoms with Gasteiger partial charge >= 0.3 is 5.69 Å². The Morgan fingerprint density at radius 3 is 2.57 bits per heavy atom. The normalized spacial score (nSPS) is 20.3. The number of nitrogens with one attached hydrogen (secondary N) is 1. The third kappa shape index (κ3) is 4.44. The third-order valence-electron chi connectivity index (χ3n) is 5.45. The first-order chi connectivity index (χ1) is 14.5. The molecular formula is C20H25FN6O3. The second-order valence-corrected chi connectivity index (χ2v) is 7.49. The summed E-state index contributed by atoms with van der Waals surface area (Å²) in [6.45, 7) is 2.53. The first-order valence-electron chi connectivity index (χ1n) is 10.0. The molecule has 0 saturated carbocycles. The van der Waals surface area contributed by atoms with Gasteiger partial charge in [-0.1, -0.05) is 0 Å². The predicted octanol–water partition coefficient (Wildman–Crippen LogP) is 2.79. The van der Waals surface area contributed by atoms with Crippen LogP contribution in [0.2, 0.25) is 0 Å². The number of nitrogens with zero attached hydrogens (tertiary/aromatic N) is 4. The van der Waals surface area contributed by atoms with Crippen LogP contribution >= 0.6 is 0 Å². The summed E-state index contributed by atoms with van der Waals surface area (Å²) >= 11 is 0. The molecule has 1 unspecified atom stereocenters. The van der Waals surface area contributed by atoms with Gasteiger partial charge in [0.2, 0.25) is 5.82 Å². The van der Waals surface area contributed by atoms with Gasteiger partial charge in [0.25, 0.3) is 0 Å². The molecule has 2 fully saturated rings. The molecule has 0 aliphatic carbocycles. The van der Waals surface area contributed by atoms with Crippen molar-refractivity contribution in [2.24, 2.45) is 5.73 Å². The summed E-state index contributed by atoms with van der Waals surface area (Å²) in [6, 6.07) is 10.4. The fraction of sp³-hybridized carbons (Fsp3) is 0.450. The standard InChI is InChI=1S/C20H25FN6O3/c21-18-13-30-12-11-26(18)16-3-1-15(2-4-16)23-20-17(27(28)29)5-6-19(24-20)25-9-7-14(22)8-10-25/h1-6,14,18H,7-13,22H2,(H,23,24). The van der Waals surface area contributed by atoms with Crippen LogP contribution in [0, 0.1) is 10.1 Å². The van der Waals surface area contributed by atoms with Gasteiger partial charge < -0.3 is 25.6 Å². The Hall–Kier alpha value is -2.98. The van der Waals surface area contributed by atoms with Gasteiger partial charge in [0.1, 0.15) is 5.82 Å². The molecule has 1 aromatic carbocycles. The van der Waals surface area contributed by atoms with E-state index in [9.17, 15) is 14.5 Å². The van der Waals surface area contributed by atoms with Gasteiger partial charge in [-0.2, -0.15) is 0 Å². The van der Waals surface area contributed by atoms with Gasteiger partial charge in [0.15, 0.2) is 6.30 Å². The van der Waals surface area contributed by atoms with Crippen LogP contribution in [0.4, 0.5) is 33.1 Å². The molecule has 0 amide bonds. The largest absolute Gasteiger partial charge is 0.375 e. The molecule has 2 aliphatic heterocycles. The highest BCUT2D eigenvalue weighted by Crippen LogP contribution is 2.30.